The third-order valence-electron chi connectivity index (χ3n) is 3.60. The Morgan fingerprint density at radius 1 is 1.35 bits per heavy atom. The first-order valence-electron chi connectivity index (χ1n) is 7.23. The fraction of sp³-hybridized carbons (Fsp3) is 0.786. The van der Waals surface area contributed by atoms with Crippen molar-refractivity contribution in [2.24, 2.45) is 0 Å². The highest BCUT2D eigenvalue weighted by molar-refractivity contribution is 5.00. The SMILES string of the molecule is COC(OC)c1cncn1CCCOC1CCNCC1. The predicted molar refractivity (Wildman–Crippen MR) is 75.4 cm³/mol. The average Bonchev–Trinajstić information content (AvgIpc) is 2.95. The van der Waals surface area contributed by atoms with E-state index in [4.69, 9.17) is 14.2 Å². The molecule has 2 heterocycles. The molecule has 1 aliphatic rings. The van der Waals surface area contributed by atoms with Crippen LogP contribution in [0.5, 0.6) is 0 Å². The molecule has 0 aromatic carbocycles. The Bertz CT molecular complexity index is 373. The monoisotopic (exact) mass is 283 g/mol. The summed E-state index contributed by atoms with van der Waals surface area (Å²) in [5.74, 6) is 0. The summed E-state index contributed by atoms with van der Waals surface area (Å²) in [6, 6.07) is 0. The molecule has 0 radical (unpaired) electrons. The van der Waals surface area contributed by atoms with Gasteiger partial charge in [-0.25, -0.2) is 4.98 Å². The van der Waals surface area contributed by atoms with Crippen molar-refractivity contribution in [3.05, 3.63) is 18.2 Å². The Morgan fingerprint density at radius 2 is 2.10 bits per heavy atom. The number of nitrogens with one attached hydrogen (secondary N) is 1. The second kappa shape index (κ2) is 8.36. The lowest BCUT2D eigenvalue weighted by Crippen LogP contribution is -2.32. The van der Waals surface area contributed by atoms with Gasteiger partial charge in [0.05, 0.1) is 24.3 Å². The minimum absolute atomic E-state index is 0.358. The number of methoxy groups -OCH3 is 2. The number of piperidine rings is 1. The zero-order chi connectivity index (χ0) is 14.2. The molecule has 0 bridgehead atoms. The van der Waals surface area contributed by atoms with Crippen molar-refractivity contribution in [2.45, 2.75) is 38.2 Å². The second-order valence-corrected chi connectivity index (χ2v) is 4.99. The molecule has 1 aromatic rings. The molecule has 20 heavy (non-hydrogen) atoms. The van der Waals surface area contributed by atoms with E-state index in [0.29, 0.717) is 6.10 Å². The van der Waals surface area contributed by atoms with Gasteiger partial charge in [0.2, 0.25) is 0 Å². The highest BCUT2D eigenvalue weighted by Gasteiger charge is 2.15. The van der Waals surface area contributed by atoms with E-state index in [1.807, 2.05) is 6.33 Å². The van der Waals surface area contributed by atoms with Crippen LogP contribution in [0.4, 0.5) is 0 Å². The lowest BCUT2D eigenvalue weighted by Gasteiger charge is -2.23. The molecule has 0 amide bonds. The van der Waals surface area contributed by atoms with Crippen LogP contribution in [0.3, 0.4) is 0 Å². The van der Waals surface area contributed by atoms with Crippen molar-refractivity contribution in [3.63, 3.8) is 0 Å². The summed E-state index contributed by atoms with van der Waals surface area (Å²) in [6.07, 6.45) is 6.85. The van der Waals surface area contributed by atoms with Crippen LogP contribution < -0.4 is 5.32 Å². The van der Waals surface area contributed by atoms with Crippen LogP contribution in [0.2, 0.25) is 0 Å². The van der Waals surface area contributed by atoms with Gasteiger partial charge in [0.25, 0.3) is 0 Å². The van der Waals surface area contributed by atoms with Crippen LogP contribution in [0.15, 0.2) is 12.5 Å². The molecule has 6 nitrogen and oxygen atoms in total. The molecule has 6 heteroatoms. The average molecular weight is 283 g/mol. The summed E-state index contributed by atoms with van der Waals surface area (Å²) in [6.45, 7) is 3.79. The Morgan fingerprint density at radius 3 is 2.80 bits per heavy atom. The Balaban J connectivity index is 1.72. The highest BCUT2D eigenvalue weighted by atomic mass is 16.7. The van der Waals surface area contributed by atoms with Gasteiger partial charge in [-0.3, -0.25) is 0 Å². The zero-order valence-corrected chi connectivity index (χ0v) is 12.4. The van der Waals surface area contributed by atoms with E-state index >= 15 is 0 Å². The lowest BCUT2D eigenvalue weighted by molar-refractivity contribution is -0.110. The smallest absolute Gasteiger partial charge is 0.200 e. The van der Waals surface area contributed by atoms with Crippen molar-refractivity contribution in [1.82, 2.24) is 14.9 Å². The minimum Gasteiger partial charge on any atom is -0.378 e. The molecule has 1 aliphatic heterocycles. The number of ether oxygens (including phenoxy) is 3. The minimum atomic E-state index is -0.358. The second-order valence-electron chi connectivity index (χ2n) is 4.99. The Labute approximate surface area is 120 Å². The molecule has 114 valence electrons. The fourth-order valence-electron chi connectivity index (χ4n) is 2.50. The Kier molecular flexibility index (Phi) is 6.46. The molecule has 1 N–H and O–H groups in total. The molecule has 0 aliphatic carbocycles. The number of rotatable bonds is 8. The van der Waals surface area contributed by atoms with E-state index in [9.17, 15) is 0 Å². The summed E-state index contributed by atoms with van der Waals surface area (Å²) in [4.78, 5) is 4.16. The maximum absolute atomic E-state index is 5.90. The van der Waals surface area contributed by atoms with E-state index in [2.05, 4.69) is 14.9 Å². The normalized spacial score (nSPS) is 16.9. The van der Waals surface area contributed by atoms with Crippen molar-refractivity contribution in [2.75, 3.05) is 33.9 Å². The number of aromatic nitrogens is 2. The van der Waals surface area contributed by atoms with Crippen LogP contribution in [-0.4, -0.2) is 49.6 Å². The standard InChI is InChI=1S/C14H25N3O3/c1-18-14(19-2)13-10-16-11-17(13)8-3-9-20-12-4-6-15-7-5-12/h10-12,14-15H,3-9H2,1-2H3. The van der Waals surface area contributed by atoms with E-state index in [0.717, 1.165) is 51.2 Å². The number of nitrogens with zero attached hydrogens (tertiary/aromatic N) is 2. The van der Waals surface area contributed by atoms with Gasteiger partial charge in [-0.1, -0.05) is 0 Å². The van der Waals surface area contributed by atoms with Crippen LogP contribution in [0, 0.1) is 0 Å². The van der Waals surface area contributed by atoms with Crippen LogP contribution in [0.25, 0.3) is 0 Å². The maximum atomic E-state index is 5.90. The molecule has 0 atom stereocenters. The summed E-state index contributed by atoms with van der Waals surface area (Å²) >= 11 is 0. The molecule has 1 fully saturated rings. The van der Waals surface area contributed by atoms with Gasteiger partial charge >= 0.3 is 0 Å². The van der Waals surface area contributed by atoms with E-state index in [1.165, 1.54) is 0 Å². The third-order valence-corrected chi connectivity index (χ3v) is 3.60. The number of hydrogen-bond donors (Lipinski definition) is 1. The fourth-order valence-corrected chi connectivity index (χ4v) is 2.50. The van der Waals surface area contributed by atoms with Gasteiger partial charge in [-0.05, 0) is 32.4 Å². The topological polar surface area (TPSA) is 57.5 Å². The van der Waals surface area contributed by atoms with Crippen molar-refractivity contribution < 1.29 is 14.2 Å². The first-order valence-corrected chi connectivity index (χ1v) is 7.23. The largest absolute Gasteiger partial charge is 0.378 e. The molecule has 0 saturated carbocycles. The molecular weight excluding hydrogens is 258 g/mol. The molecule has 0 unspecified atom stereocenters. The summed E-state index contributed by atoms with van der Waals surface area (Å²) in [7, 11) is 3.26. The predicted octanol–water partition coefficient (Wildman–Crippen LogP) is 1.33. The van der Waals surface area contributed by atoms with Gasteiger partial charge in [0, 0.05) is 27.4 Å². The summed E-state index contributed by atoms with van der Waals surface area (Å²) < 4.78 is 18.5. The summed E-state index contributed by atoms with van der Waals surface area (Å²) in [5.41, 5.74) is 0.942. The Hall–Kier alpha value is -0.950. The van der Waals surface area contributed by atoms with Gasteiger partial charge in [0.15, 0.2) is 6.29 Å². The summed E-state index contributed by atoms with van der Waals surface area (Å²) in [5, 5.41) is 3.34. The van der Waals surface area contributed by atoms with Gasteiger partial charge in [-0.2, -0.15) is 0 Å². The van der Waals surface area contributed by atoms with E-state index in [1.54, 1.807) is 20.4 Å². The number of aryl methyl sites for hydroxylation is 1. The van der Waals surface area contributed by atoms with E-state index < -0.39 is 0 Å². The lowest BCUT2D eigenvalue weighted by atomic mass is 10.1. The molecule has 2 rings (SSSR count). The molecular formula is C14H25N3O3. The quantitative estimate of drug-likeness (QED) is 0.576. The highest BCUT2D eigenvalue weighted by Crippen LogP contribution is 2.17. The van der Waals surface area contributed by atoms with Crippen molar-refractivity contribution in [1.29, 1.82) is 0 Å². The van der Waals surface area contributed by atoms with Gasteiger partial charge in [-0.15, -0.1) is 0 Å². The molecule has 1 aromatic heterocycles. The van der Waals surface area contributed by atoms with E-state index in [-0.39, 0.29) is 6.29 Å². The third kappa shape index (κ3) is 4.28. The van der Waals surface area contributed by atoms with Crippen molar-refractivity contribution in [3.8, 4) is 0 Å². The molecule has 1 saturated heterocycles. The first kappa shape index (κ1) is 15.4. The van der Waals surface area contributed by atoms with Crippen LogP contribution >= 0.6 is 0 Å². The zero-order valence-electron chi connectivity index (χ0n) is 12.4. The van der Waals surface area contributed by atoms with Crippen molar-refractivity contribution >= 4 is 0 Å². The maximum Gasteiger partial charge on any atom is 0.200 e. The van der Waals surface area contributed by atoms with Gasteiger partial charge < -0.3 is 24.1 Å². The van der Waals surface area contributed by atoms with Crippen LogP contribution in [0.1, 0.15) is 31.2 Å². The molecule has 0 spiro atoms. The number of imidazole rings is 1. The van der Waals surface area contributed by atoms with Gasteiger partial charge in [0.1, 0.15) is 0 Å². The van der Waals surface area contributed by atoms with Crippen LogP contribution in [-0.2, 0) is 20.8 Å². The first-order chi connectivity index (χ1) is 9.85. The number of hydrogen-bond acceptors (Lipinski definition) is 5.